The van der Waals surface area contributed by atoms with Crippen molar-refractivity contribution in [2.24, 2.45) is 0 Å². The first-order valence-corrected chi connectivity index (χ1v) is 10.6. The number of ether oxygens (including phenoxy) is 1. The lowest BCUT2D eigenvalue weighted by molar-refractivity contribution is -0.135. The van der Waals surface area contributed by atoms with Gasteiger partial charge in [0.1, 0.15) is 17.1 Å². The molecule has 2 heterocycles. The summed E-state index contributed by atoms with van der Waals surface area (Å²) in [5.41, 5.74) is 2.20. The van der Waals surface area contributed by atoms with Crippen molar-refractivity contribution in [1.29, 1.82) is 0 Å². The Morgan fingerprint density at radius 2 is 1.93 bits per heavy atom. The Hall–Kier alpha value is -2.54. The lowest BCUT2D eigenvalue weighted by Crippen LogP contribution is -2.52. The zero-order chi connectivity index (χ0) is 20.2. The van der Waals surface area contributed by atoms with Crippen molar-refractivity contribution in [3.05, 3.63) is 29.5 Å². The van der Waals surface area contributed by atoms with Crippen molar-refractivity contribution in [2.45, 2.75) is 32.6 Å². The standard InChI is InChI=1S/C22H29N3O4/c1-2-23-21(26)14-24-9-11-25(12-10-24)22(27)15-28-16-7-8-20-18(13-16)17-5-3-4-6-19(17)29-20/h7-8,13H,2-6,9-12,14-15H2,1H3,(H,23,26). The van der Waals surface area contributed by atoms with Crippen LogP contribution in [0.5, 0.6) is 5.75 Å². The number of fused-ring (bicyclic) bond motifs is 3. The normalized spacial score (nSPS) is 17.2. The maximum Gasteiger partial charge on any atom is 0.260 e. The Kier molecular flexibility index (Phi) is 6.04. The van der Waals surface area contributed by atoms with Crippen LogP contribution in [0.2, 0.25) is 0 Å². The van der Waals surface area contributed by atoms with Gasteiger partial charge in [-0.25, -0.2) is 0 Å². The Morgan fingerprint density at radius 1 is 1.14 bits per heavy atom. The molecule has 4 rings (SSSR count). The second-order valence-corrected chi connectivity index (χ2v) is 7.77. The van der Waals surface area contributed by atoms with Crippen LogP contribution in [0.1, 0.15) is 31.1 Å². The number of likely N-dealkylation sites (N-methyl/N-ethyl adjacent to an activating group) is 1. The minimum absolute atomic E-state index is 0.0167. The number of hydrogen-bond donors (Lipinski definition) is 1. The summed E-state index contributed by atoms with van der Waals surface area (Å²) in [7, 11) is 0. The molecule has 1 aromatic heterocycles. The van der Waals surface area contributed by atoms with Crippen LogP contribution < -0.4 is 10.1 Å². The number of carbonyl (C=O) groups excluding carboxylic acids is 2. The Bertz CT molecular complexity index is 884. The molecule has 2 aliphatic rings. The van der Waals surface area contributed by atoms with Crippen LogP contribution in [0.25, 0.3) is 11.0 Å². The highest BCUT2D eigenvalue weighted by molar-refractivity contribution is 5.84. The third-order valence-electron chi connectivity index (χ3n) is 5.75. The Labute approximate surface area is 171 Å². The topological polar surface area (TPSA) is 75.0 Å². The molecular formula is C22H29N3O4. The molecule has 1 fully saturated rings. The molecule has 7 nitrogen and oxygen atoms in total. The first-order chi connectivity index (χ1) is 14.1. The minimum Gasteiger partial charge on any atom is -0.484 e. The van der Waals surface area contributed by atoms with Gasteiger partial charge in [-0.05, 0) is 44.4 Å². The van der Waals surface area contributed by atoms with Gasteiger partial charge in [0, 0.05) is 50.1 Å². The number of furan rings is 1. The highest BCUT2D eigenvalue weighted by atomic mass is 16.5. The molecule has 0 unspecified atom stereocenters. The predicted octanol–water partition coefficient (Wildman–Crippen LogP) is 1.97. The third kappa shape index (κ3) is 4.56. The molecule has 1 aliphatic carbocycles. The van der Waals surface area contributed by atoms with E-state index < -0.39 is 0 Å². The number of nitrogens with zero attached hydrogens (tertiary/aromatic N) is 2. The summed E-state index contributed by atoms with van der Waals surface area (Å²) in [4.78, 5) is 28.1. The molecule has 0 spiro atoms. The summed E-state index contributed by atoms with van der Waals surface area (Å²) in [6.07, 6.45) is 4.43. The van der Waals surface area contributed by atoms with Gasteiger partial charge < -0.3 is 19.4 Å². The molecule has 0 radical (unpaired) electrons. The first-order valence-electron chi connectivity index (χ1n) is 10.6. The van der Waals surface area contributed by atoms with Crippen molar-refractivity contribution in [2.75, 3.05) is 45.9 Å². The summed E-state index contributed by atoms with van der Waals surface area (Å²) in [6, 6.07) is 5.81. The molecule has 156 valence electrons. The van der Waals surface area contributed by atoms with Gasteiger partial charge >= 0.3 is 0 Å². The molecule has 29 heavy (non-hydrogen) atoms. The van der Waals surface area contributed by atoms with E-state index >= 15 is 0 Å². The zero-order valence-corrected chi connectivity index (χ0v) is 17.0. The zero-order valence-electron chi connectivity index (χ0n) is 17.0. The van der Waals surface area contributed by atoms with Crippen LogP contribution in [-0.4, -0.2) is 67.5 Å². The molecule has 1 saturated heterocycles. The minimum atomic E-state index is -0.0167. The second-order valence-electron chi connectivity index (χ2n) is 7.77. The van der Waals surface area contributed by atoms with Crippen molar-refractivity contribution in [1.82, 2.24) is 15.1 Å². The number of piperazine rings is 1. The Morgan fingerprint density at radius 3 is 2.72 bits per heavy atom. The fourth-order valence-electron chi connectivity index (χ4n) is 4.18. The number of nitrogens with one attached hydrogen (secondary N) is 1. The molecule has 1 aromatic carbocycles. The van der Waals surface area contributed by atoms with Crippen molar-refractivity contribution in [3.63, 3.8) is 0 Å². The van der Waals surface area contributed by atoms with Gasteiger partial charge in [-0.2, -0.15) is 0 Å². The average Bonchev–Trinajstić information content (AvgIpc) is 3.11. The van der Waals surface area contributed by atoms with E-state index in [1.165, 1.54) is 18.4 Å². The van der Waals surface area contributed by atoms with Gasteiger partial charge in [0.2, 0.25) is 5.91 Å². The third-order valence-corrected chi connectivity index (χ3v) is 5.75. The molecule has 1 N–H and O–H groups in total. The molecule has 2 amide bonds. The van der Waals surface area contributed by atoms with E-state index in [1.54, 1.807) is 0 Å². The number of carbonyl (C=O) groups is 2. The second kappa shape index (κ2) is 8.86. The summed E-state index contributed by atoms with van der Waals surface area (Å²) in [6.45, 7) is 5.62. The monoisotopic (exact) mass is 399 g/mol. The van der Waals surface area contributed by atoms with Gasteiger partial charge in [-0.15, -0.1) is 0 Å². The van der Waals surface area contributed by atoms with Gasteiger partial charge in [0.25, 0.3) is 5.91 Å². The van der Waals surface area contributed by atoms with Crippen LogP contribution in [0, 0.1) is 0 Å². The Balaban J connectivity index is 1.29. The van der Waals surface area contributed by atoms with Crippen LogP contribution >= 0.6 is 0 Å². The van der Waals surface area contributed by atoms with Gasteiger partial charge in [0.15, 0.2) is 6.61 Å². The highest BCUT2D eigenvalue weighted by Gasteiger charge is 2.23. The van der Waals surface area contributed by atoms with Gasteiger partial charge in [-0.1, -0.05) is 0 Å². The van der Waals surface area contributed by atoms with Crippen LogP contribution in [-0.2, 0) is 22.4 Å². The van der Waals surface area contributed by atoms with Crippen molar-refractivity contribution < 1.29 is 18.7 Å². The van der Waals surface area contributed by atoms with E-state index in [-0.39, 0.29) is 18.4 Å². The fourth-order valence-corrected chi connectivity index (χ4v) is 4.18. The summed E-state index contributed by atoms with van der Waals surface area (Å²) < 4.78 is 11.8. The van der Waals surface area contributed by atoms with E-state index in [0.29, 0.717) is 45.0 Å². The quantitative estimate of drug-likeness (QED) is 0.804. The van der Waals surface area contributed by atoms with Crippen LogP contribution in [0.4, 0.5) is 0 Å². The van der Waals surface area contributed by atoms with E-state index in [0.717, 1.165) is 29.6 Å². The maximum absolute atomic E-state index is 12.5. The fraction of sp³-hybridized carbons (Fsp3) is 0.545. The number of aryl methyl sites for hydroxylation is 2. The number of amides is 2. The van der Waals surface area contributed by atoms with Crippen LogP contribution in [0.15, 0.2) is 22.6 Å². The number of rotatable bonds is 6. The molecule has 0 bridgehead atoms. The average molecular weight is 399 g/mol. The molecular weight excluding hydrogens is 370 g/mol. The maximum atomic E-state index is 12.5. The highest BCUT2D eigenvalue weighted by Crippen LogP contribution is 2.33. The SMILES string of the molecule is CCNC(=O)CN1CCN(C(=O)COc2ccc3oc4c(c3c2)CCCC4)CC1. The molecule has 2 aromatic rings. The number of benzene rings is 1. The summed E-state index contributed by atoms with van der Waals surface area (Å²) >= 11 is 0. The van der Waals surface area contributed by atoms with Gasteiger partial charge in [-0.3, -0.25) is 14.5 Å². The lowest BCUT2D eigenvalue weighted by Gasteiger charge is -2.34. The molecule has 0 saturated carbocycles. The van der Waals surface area contributed by atoms with Gasteiger partial charge in [0.05, 0.1) is 6.54 Å². The molecule has 0 atom stereocenters. The van der Waals surface area contributed by atoms with E-state index in [1.807, 2.05) is 30.0 Å². The van der Waals surface area contributed by atoms with Crippen molar-refractivity contribution >= 4 is 22.8 Å². The first kappa shape index (κ1) is 19.8. The van der Waals surface area contributed by atoms with Crippen molar-refractivity contribution in [3.8, 4) is 5.75 Å². The lowest BCUT2D eigenvalue weighted by atomic mass is 9.96. The summed E-state index contributed by atoms with van der Waals surface area (Å²) in [5.74, 6) is 1.82. The van der Waals surface area contributed by atoms with E-state index in [2.05, 4.69) is 10.2 Å². The van der Waals surface area contributed by atoms with Crippen LogP contribution in [0.3, 0.4) is 0 Å². The smallest absolute Gasteiger partial charge is 0.260 e. The molecule has 7 heteroatoms. The largest absolute Gasteiger partial charge is 0.484 e. The van der Waals surface area contributed by atoms with E-state index in [4.69, 9.17) is 9.15 Å². The molecule has 1 aliphatic heterocycles. The number of hydrogen-bond acceptors (Lipinski definition) is 5. The van der Waals surface area contributed by atoms with E-state index in [9.17, 15) is 9.59 Å². The predicted molar refractivity (Wildman–Crippen MR) is 110 cm³/mol. The summed E-state index contributed by atoms with van der Waals surface area (Å²) in [5, 5.41) is 3.92.